The highest BCUT2D eigenvalue weighted by Gasteiger charge is 2.04. The van der Waals surface area contributed by atoms with E-state index in [1.807, 2.05) is 0 Å². The van der Waals surface area contributed by atoms with Gasteiger partial charge in [0.25, 0.3) is 0 Å². The normalized spacial score (nSPS) is 10.3. The highest BCUT2D eigenvalue weighted by atomic mass is 35.5. The second kappa shape index (κ2) is 4.17. The Hall–Kier alpha value is -1.12. The molecule has 1 nitrogen and oxygen atoms in total. The molecule has 2 rings (SSSR count). The number of pyridine rings is 1. The van der Waals surface area contributed by atoms with Crippen molar-refractivity contribution >= 4 is 23.2 Å². The van der Waals surface area contributed by atoms with E-state index >= 15 is 0 Å². The molecule has 0 saturated carbocycles. The van der Waals surface area contributed by atoms with E-state index < -0.39 is 5.95 Å². The number of aromatic nitrogens is 1. The van der Waals surface area contributed by atoms with Gasteiger partial charge in [0, 0.05) is 27.4 Å². The lowest BCUT2D eigenvalue weighted by atomic mass is 10.1. The van der Waals surface area contributed by atoms with E-state index in [0.717, 1.165) is 11.1 Å². The number of hydrogen-bond donors (Lipinski definition) is 0. The Kier molecular flexibility index (Phi) is 2.89. The minimum atomic E-state index is -0.517. The Bertz CT molecular complexity index is 482. The van der Waals surface area contributed by atoms with Crippen molar-refractivity contribution in [2.24, 2.45) is 0 Å². The van der Waals surface area contributed by atoms with Gasteiger partial charge in [0.15, 0.2) is 0 Å². The van der Waals surface area contributed by atoms with Crippen molar-refractivity contribution in [2.75, 3.05) is 0 Å². The monoisotopic (exact) mass is 241 g/mol. The fourth-order valence-corrected chi connectivity index (χ4v) is 1.65. The molecule has 1 heterocycles. The van der Waals surface area contributed by atoms with Crippen molar-refractivity contribution in [3.8, 4) is 11.1 Å². The maximum absolute atomic E-state index is 12.6. The van der Waals surface area contributed by atoms with Crippen LogP contribution in [0.5, 0.6) is 0 Å². The summed E-state index contributed by atoms with van der Waals surface area (Å²) >= 11 is 11.8. The smallest absolute Gasteiger partial charge is 0.212 e. The van der Waals surface area contributed by atoms with E-state index in [0.29, 0.717) is 10.0 Å². The summed E-state index contributed by atoms with van der Waals surface area (Å²) < 4.78 is 12.6. The van der Waals surface area contributed by atoms with Gasteiger partial charge in [-0.2, -0.15) is 4.39 Å². The van der Waals surface area contributed by atoms with Crippen molar-refractivity contribution in [1.82, 2.24) is 4.98 Å². The molecule has 0 fully saturated rings. The maximum Gasteiger partial charge on any atom is 0.212 e. The third-order valence-electron chi connectivity index (χ3n) is 1.97. The summed E-state index contributed by atoms with van der Waals surface area (Å²) in [6.07, 6.45) is 1.42. The average molecular weight is 242 g/mol. The third kappa shape index (κ3) is 2.28. The second-order valence-corrected chi connectivity index (χ2v) is 3.84. The first-order valence-electron chi connectivity index (χ1n) is 4.24. The standard InChI is InChI=1S/C11H6Cl2FN/c12-8-2-3-10(13)9(5-8)7-1-4-11(14)15-6-7/h1-6H. The molecule has 0 saturated heterocycles. The lowest BCUT2D eigenvalue weighted by Crippen LogP contribution is -1.84. The van der Waals surface area contributed by atoms with Crippen LogP contribution in [0.15, 0.2) is 36.5 Å². The predicted octanol–water partition coefficient (Wildman–Crippen LogP) is 4.19. The molecule has 1 aromatic carbocycles. The molecule has 0 radical (unpaired) electrons. The number of halogens is 3. The Morgan fingerprint density at radius 3 is 2.53 bits per heavy atom. The van der Waals surface area contributed by atoms with Gasteiger partial charge in [0.1, 0.15) is 0 Å². The third-order valence-corrected chi connectivity index (χ3v) is 2.53. The van der Waals surface area contributed by atoms with Crippen molar-refractivity contribution < 1.29 is 4.39 Å². The molecule has 0 unspecified atom stereocenters. The second-order valence-electron chi connectivity index (χ2n) is 2.99. The molecule has 0 aliphatic heterocycles. The van der Waals surface area contributed by atoms with Crippen LogP contribution in [0.4, 0.5) is 4.39 Å². The summed E-state index contributed by atoms with van der Waals surface area (Å²) in [7, 11) is 0. The minimum Gasteiger partial charge on any atom is -0.228 e. The van der Waals surface area contributed by atoms with Crippen LogP contribution in [0.2, 0.25) is 10.0 Å². The molecule has 4 heteroatoms. The van der Waals surface area contributed by atoms with E-state index in [4.69, 9.17) is 23.2 Å². The zero-order valence-corrected chi connectivity index (χ0v) is 9.06. The SMILES string of the molecule is Fc1ccc(-c2cc(Cl)ccc2Cl)cn1. The summed E-state index contributed by atoms with van der Waals surface area (Å²) in [5.41, 5.74) is 1.49. The molecule has 0 atom stereocenters. The molecular formula is C11H6Cl2FN. The summed E-state index contributed by atoms with van der Waals surface area (Å²) in [6, 6.07) is 8.01. The van der Waals surface area contributed by atoms with Gasteiger partial charge in [-0.15, -0.1) is 0 Å². The van der Waals surface area contributed by atoms with Crippen LogP contribution in [0.1, 0.15) is 0 Å². The molecule has 1 aromatic heterocycles. The molecule has 0 spiro atoms. The highest BCUT2D eigenvalue weighted by molar-refractivity contribution is 6.35. The molecular weight excluding hydrogens is 236 g/mol. The number of benzene rings is 1. The van der Waals surface area contributed by atoms with Crippen LogP contribution in [0.3, 0.4) is 0 Å². The van der Waals surface area contributed by atoms with Crippen molar-refractivity contribution in [1.29, 1.82) is 0 Å². The van der Waals surface area contributed by atoms with E-state index in [2.05, 4.69) is 4.98 Å². The summed E-state index contributed by atoms with van der Waals surface area (Å²) in [6.45, 7) is 0. The summed E-state index contributed by atoms with van der Waals surface area (Å²) in [5, 5.41) is 1.14. The van der Waals surface area contributed by atoms with Crippen molar-refractivity contribution in [3.05, 3.63) is 52.5 Å². The van der Waals surface area contributed by atoms with Crippen LogP contribution < -0.4 is 0 Å². The number of nitrogens with zero attached hydrogens (tertiary/aromatic N) is 1. The van der Waals surface area contributed by atoms with Crippen LogP contribution in [-0.2, 0) is 0 Å². The number of rotatable bonds is 1. The molecule has 2 aromatic rings. The molecule has 0 aliphatic carbocycles. The van der Waals surface area contributed by atoms with Gasteiger partial charge in [0.05, 0.1) is 0 Å². The van der Waals surface area contributed by atoms with Gasteiger partial charge in [0.2, 0.25) is 5.95 Å². The zero-order valence-electron chi connectivity index (χ0n) is 7.55. The molecule has 0 aliphatic rings. The van der Waals surface area contributed by atoms with E-state index in [1.165, 1.54) is 12.3 Å². The fourth-order valence-electron chi connectivity index (χ4n) is 1.25. The van der Waals surface area contributed by atoms with Crippen LogP contribution >= 0.6 is 23.2 Å². The van der Waals surface area contributed by atoms with Gasteiger partial charge in [-0.3, -0.25) is 0 Å². The molecule has 15 heavy (non-hydrogen) atoms. The first-order chi connectivity index (χ1) is 7.16. The lowest BCUT2D eigenvalue weighted by Gasteiger charge is -2.04. The average Bonchev–Trinajstić information content (AvgIpc) is 2.23. The van der Waals surface area contributed by atoms with Crippen LogP contribution in [0, 0.1) is 5.95 Å². The Morgan fingerprint density at radius 2 is 1.87 bits per heavy atom. The van der Waals surface area contributed by atoms with Gasteiger partial charge in [-0.25, -0.2) is 4.98 Å². The Labute approximate surface area is 96.5 Å². The largest absolute Gasteiger partial charge is 0.228 e. The van der Waals surface area contributed by atoms with E-state index in [-0.39, 0.29) is 0 Å². The van der Waals surface area contributed by atoms with Crippen molar-refractivity contribution in [3.63, 3.8) is 0 Å². The zero-order chi connectivity index (χ0) is 10.8. The van der Waals surface area contributed by atoms with Gasteiger partial charge < -0.3 is 0 Å². The van der Waals surface area contributed by atoms with Gasteiger partial charge in [-0.1, -0.05) is 23.2 Å². The first kappa shape index (κ1) is 10.4. The quantitative estimate of drug-likeness (QED) is 0.683. The Morgan fingerprint density at radius 1 is 1.07 bits per heavy atom. The molecule has 76 valence electrons. The van der Waals surface area contributed by atoms with E-state index in [9.17, 15) is 4.39 Å². The highest BCUT2D eigenvalue weighted by Crippen LogP contribution is 2.29. The molecule has 0 bridgehead atoms. The van der Waals surface area contributed by atoms with Gasteiger partial charge >= 0.3 is 0 Å². The first-order valence-corrected chi connectivity index (χ1v) is 4.99. The molecule has 0 amide bonds. The Balaban J connectivity index is 2.53. The fraction of sp³-hybridized carbons (Fsp3) is 0. The van der Waals surface area contributed by atoms with Gasteiger partial charge in [-0.05, 0) is 30.3 Å². The van der Waals surface area contributed by atoms with Crippen LogP contribution in [-0.4, -0.2) is 4.98 Å². The summed E-state index contributed by atoms with van der Waals surface area (Å²) in [4.78, 5) is 3.56. The van der Waals surface area contributed by atoms with E-state index in [1.54, 1.807) is 24.3 Å². The molecule has 0 N–H and O–H groups in total. The van der Waals surface area contributed by atoms with Crippen LogP contribution in [0.25, 0.3) is 11.1 Å². The predicted molar refractivity (Wildman–Crippen MR) is 59.7 cm³/mol. The van der Waals surface area contributed by atoms with Crippen molar-refractivity contribution in [2.45, 2.75) is 0 Å². The number of hydrogen-bond acceptors (Lipinski definition) is 1. The summed E-state index contributed by atoms with van der Waals surface area (Å²) in [5.74, 6) is -0.517. The minimum absolute atomic E-state index is 0.517. The topological polar surface area (TPSA) is 12.9 Å². The maximum atomic E-state index is 12.6. The lowest BCUT2D eigenvalue weighted by molar-refractivity contribution is 0.584.